The van der Waals surface area contributed by atoms with Gasteiger partial charge in [-0.2, -0.15) is 0 Å². The second kappa shape index (κ2) is 5.59. The molecule has 0 aliphatic heterocycles. The number of halogens is 3. The summed E-state index contributed by atoms with van der Waals surface area (Å²) in [7, 11) is 0. The molecule has 1 unspecified atom stereocenters. The smallest absolute Gasteiger partial charge is 0.0595 e. The highest BCUT2D eigenvalue weighted by Gasteiger charge is 2.12. The molecule has 0 radical (unpaired) electrons. The van der Waals surface area contributed by atoms with Crippen LogP contribution < -0.4 is 5.73 Å². The lowest BCUT2D eigenvalue weighted by atomic mass is 10.1. The molecule has 5 heteroatoms. The zero-order valence-corrected chi connectivity index (χ0v) is 11.9. The molecule has 0 aliphatic rings. The molecule has 1 nitrogen and oxygen atoms in total. The van der Waals surface area contributed by atoms with Crippen LogP contribution >= 0.6 is 46.1 Å². The third-order valence-corrected chi connectivity index (χ3v) is 4.65. The van der Waals surface area contributed by atoms with Crippen molar-refractivity contribution in [2.45, 2.75) is 12.5 Å². The highest BCUT2D eigenvalue weighted by Crippen LogP contribution is 2.30. The summed E-state index contributed by atoms with van der Waals surface area (Å²) in [5, 5.41) is 3.76. The van der Waals surface area contributed by atoms with E-state index in [1.54, 1.807) is 17.4 Å². The van der Waals surface area contributed by atoms with E-state index in [1.165, 1.54) is 0 Å². The Morgan fingerprint density at radius 1 is 1.06 bits per heavy atom. The zero-order valence-electron chi connectivity index (χ0n) is 8.79. The molecule has 17 heavy (non-hydrogen) atoms. The molecule has 0 amide bonds. The Labute approximate surface area is 119 Å². The first kappa shape index (κ1) is 13.2. The van der Waals surface area contributed by atoms with Crippen LogP contribution in [0.15, 0.2) is 29.6 Å². The van der Waals surface area contributed by atoms with Crippen LogP contribution in [0.1, 0.15) is 16.5 Å². The Hall–Kier alpha value is -0.250. The van der Waals surface area contributed by atoms with Crippen LogP contribution in [-0.4, -0.2) is 0 Å². The van der Waals surface area contributed by atoms with Gasteiger partial charge in [-0.05, 0) is 35.6 Å². The lowest BCUT2D eigenvalue weighted by Crippen LogP contribution is -2.12. The molecular weight excluding hydrogens is 297 g/mol. The van der Waals surface area contributed by atoms with E-state index in [2.05, 4.69) is 0 Å². The quantitative estimate of drug-likeness (QED) is 0.853. The molecule has 0 fully saturated rings. The average Bonchev–Trinajstić information content (AvgIpc) is 2.70. The van der Waals surface area contributed by atoms with Crippen molar-refractivity contribution in [2.24, 2.45) is 5.73 Å². The third kappa shape index (κ3) is 3.15. The summed E-state index contributed by atoms with van der Waals surface area (Å²) in [5.41, 5.74) is 7.16. The van der Waals surface area contributed by atoms with E-state index in [1.807, 2.05) is 23.6 Å². The maximum atomic E-state index is 6.11. The molecule has 2 aromatic rings. The van der Waals surface area contributed by atoms with Gasteiger partial charge in [0.25, 0.3) is 0 Å². The molecule has 0 bridgehead atoms. The van der Waals surface area contributed by atoms with Crippen LogP contribution in [0.3, 0.4) is 0 Å². The molecule has 1 aromatic carbocycles. The van der Waals surface area contributed by atoms with Crippen molar-refractivity contribution < 1.29 is 0 Å². The van der Waals surface area contributed by atoms with E-state index < -0.39 is 0 Å². The first-order valence-electron chi connectivity index (χ1n) is 5.00. The fraction of sp³-hybridized carbons (Fsp3) is 0.167. The average molecular weight is 307 g/mol. The molecule has 2 N–H and O–H groups in total. The molecule has 0 saturated carbocycles. The van der Waals surface area contributed by atoms with Gasteiger partial charge in [-0.3, -0.25) is 0 Å². The van der Waals surface area contributed by atoms with Gasteiger partial charge in [0.15, 0.2) is 0 Å². The SMILES string of the molecule is NC(Cc1ccc(Cl)c(Cl)c1)c1sccc1Cl. The van der Waals surface area contributed by atoms with E-state index in [-0.39, 0.29) is 6.04 Å². The normalized spacial score (nSPS) is 12.7. The van der Waals surface area contributed by atoms with Crippen molar-refractivity contribution in [1.29, 1.82) is 0 Å². The fourth-order valence-electron chi connectivity index (χ4n) is 1.58. The zero-order chi connectivity index (χ0) is 12.4. The standard InChI is InChI=1S/C12H10Cl3NS/c13-8-2-1-7(5-10(8)15)6-11(16)12-9(14)3-4-17-12/h1-5,11H,6,16H2. The Bertz CT molecular complexity index is 524. The van der Waals surface area contributed by atoms with Crippen LogP contribution in [0.25, 0.3) is 0 Å². The largest absolute Gasteiger partial charge is 0.323 e. The van der Waals surface area contributed by atoms with Gasteiger partial charge in [0.1, 0.15) is 0 Å². The van der Waals surface area contributed by atoms with E-state index in [0.717, 1.165) is 15.5 Å². The number of nitrogens with two attached hydrogens (primary N) is 1. The van der Waals surface area contributed by atoms with Gasteiger partial charge in [0.05, 0.1) is 15.1 Å². The maximum absolute atomic E-state index is 6.11. The number of benzene rings is 1. The van der Waals surface area contributed by atoms with Crippen molar-refractivity contribution in [3.63, 3.8) is 0 Å². The van der Waals surface area contributed by atoms with E-state index in [4.69, 9.17) is 40.5 Å². The van der Waals surface area contributed by atoms with Gasteiger partial charge in [-0.1, -0.05) is 40.9 Å². The number of rotatable bonds is 3. The van der Waals surface area contributed by atoms with Gasteiger partial charge in [-0.15, -0.1) is 11.3 Å². The van der Waals surface area contributed by atoms with Crippen LogP contribution in [0, 0.1) is 0 Å². The van der Waals surface area contributed by atoms with Crippen molar-refractivity contribution in [1.82, 2.24) is 0 Å². The van der Waals surface area contributed by atoms with Crippen LogP contribution in [0.4, 0.5) is 0 Å². The monoisotopic (exact) mass is 305 g/mol. The Kier molecular flexibility index (Phi) is 4.34. The van der Waals surface area contributed by atoms with Crippen LogP contribution in [0.5, 0.6) is 0 Å². The molecule has 0 aliphatic carbocycles. The van der Waals surface area contributed by atoms with E-state index in [0.29, 0.717) is 16.5 Å². The first-order chi connectivity index (χ1) is 8.08. The summed E-state index contributed by atoms with van der Waals surface area (Å²) >= 11 is 19.4. The van der Waals surface area contributed by atoms with Crippen LogP contribution in [-0.2, 0) is 6.42 Å². The van der Waals surface area contributed by atoms with Gasteiger partial charge >= 0.3 is 0 Å². The minimum Gasteiger partial charge on any atom is -0.323 e. The molecule has 1 heterocycles. The fourth-order valence-corrected chi connectivity index (χ4v) is 3.10. The van der Waals surface area contributed by atoms with Crippen molar-refractivity contribution in [2.75, 3.05) is 0 Å². The summed E-state index contributed by atoms with van der Waals surface area (Å²) < 4.78 is 0. The highest BCUT2D eigenvalue weighted by molar-refractivity contribution is 7.10. The molecule has 1 aromatic heterocycles. The number of hydrogen-bond donors (Lipinski definition) is 1. The van der Waals surface area contributed by atoms with Gasteiger partial charge in [0, 0.05) is 10.9 Å². The van der Waals surface area contributed by atoms with Crippen molar-refractivity contribution >= 4 is 46.1 Å². The lowest BCUT2D eigenvalue weighted by molar-refractivity contribution is 0.737. The van der Waals surface area contributed by atoms with Gasteiger partial charge < -0.3 is 5.73 Å². The molecule has 0 saturated heterocycles. The summed E-state index contributed by atoms with van der Waals surface area (Å²) in [6.07, 6.45) is 0.692. The summed E-state index contributed by atoms with van der Waals surface area (Å²) in [6.45, 7) is 0. The minimum atomic E-state index is -0.111. The molecule has 90 valence electrons. The summed E-state index contributed by atoms with van der Waals surface area (Å²) in [4.78, 5) is 0.998. The lowest BCUT2D eigenvalue weighted by Gasteiger charge is -2.11. The van der Waals surface area contributed by atoms with E-state index in [9.17, 15) is 0 Å². The molecule has 1 atom stereocenters. The molecular formula is C12H10Cl3NS. The van der Waals surface area contributed by atoms with Crippen molar-refractivity contribution in [3.8, 4) is 0 Å². The molecule has 2 rings (SSSR count). The minimum absolute atomic E-state index is 0.111. The predicted octanol–water partition coefficient (Wildman–Crippen LogP) is 4.95. The summed E-state index contributed by atoms with van der Waals surface area (Å²) in [5.74, 6) is 0. The second-order valence-electron chi connectivity index (χ2n) is 3.69. The maximum Gasteiger partial charge on any atom is 0.0595 e. The number of thiophene rings is 1. The highest BCUT2D eigenvalue weighted by atomic mass is 35.5. The van der Waals surface area contributed by atoms with Crippen LogP contribution in [0.2, 0.25) is 15.1 Å². The van der Waals surface area contributed by atoms with Crippen molar-refractivity contribution in [3.05, 3.63) is 55.2 Å². The van der Waals surface area contributed by atoms with E-state index >= 15 is 0 Å². The predicted molar refractivity (Wildman–Crippen MR) is 76.4 cm³/mol. The van der Waals surface area contributed by atoms with Gasteiger partial charge in [-0.25, -0.2) is 0 Å². The first-order valence-corrected chi connectivity index (χ1v) is 7.01. The van der Waals surface area contributed by atoms with Gasteiger partial charge in [0.2, 0.25) is 0 Å². The Balaban J connectivity index is 2.16. The molecule has 0 spiro atoms. The Morgan fingerprint density at radius 2 is 1.82 bits per heavy atom. The second-order valence-corrected chi connectivity index (χ2v) is 5.86. The topological polar surface area (TPSA) is 26.0 Å². The third-order valence-electron chi connectivity index (χ3n) is 2.42. The summed E-state index contributed by atoms with van der Waals surface area (Å²) in [6, 6.07) is 7.29. The Morgan fingerprint density at radius 3 is 2.41 bits per heavy atom. The number of hydrogen-bond acceptors (Lipinski definition) is 2.